The van der Waals surface area contributed by atoms with Gasteiger partial charge in [-0.3, -0.25) is 4.79 Å². The Morgan fingerprint density at radius 1 is 0.892 bits per heavy atom. The third kappa shape index (κ3) is 5.21. The zero-order valence-electron chi connectivity index (χ0n) is 19.4. The molecule has 0 fully saturated rings. The number of ether oxygens (including phenoxy) is 1. The Morgan fingerprint density at radius 3 is 2.16 bits per heavy atom. The lowest BCUT2D eigenvalue weighted by Gasteiger charge is -2.16. The first-order chi connectivity index (χ1) is 17.9. The van der Waals surface area contributed by atoms with E-state index in [9.17, 15) is 9.59 Å². The molecule has 0 saturated carbocycles. The predicted octanol–water partition coefficient (Wildman–Crippen LogP) is 7.03. The molecule has 2 aromatic carbocycles. The van der Waals surface area contributed by atoms with Crippen molar-refractivity contribution in [3.05, 3.63) is 88.8 Å². The normalized spacial score (nSPS) is 11.9. The molecule has 0 aliphatic rings. The first kappa shape index (κ1) is 24.5. The van der Waals surface area contributed by atoms with E-state index in [0.717, 1.165) is 0 Å². The van der Waals surface area contributed by atoms with Crippen LogP contribution < -0.4 is 5.32 Å². The number of hydrogen-bond acceptors (Lipinski definition) is 7. The molecule has 37 heavy (non-hydrogen) atoms. The van der Waals surface area contributed by atoms with Gasteiger partial charge in [-0.05, 0) is 67.1 Å². The molecule has 10 heteroatoms. The molecule has 0 bridgehead atoms. The highest BCUT2D eigenvalue weighted by atomic mass is 35.5. The molecule has 186 valence electrons. The Labute approximate surface area is 221 Å². The molecular formula is C27H19Cl2N3O5. The minimum absolute atomic E-state index is 0.221. The van der Waals surface area contributed by atoms with Crippen LogP contribution in [0.2, 0.25) is 10.0 Å². The lowest BCUT2D eigenvalue weighted by molar-refractivity contribution is -0.124. The summed E-state index contributed by atoms with van der Waals surface area (Å²) < 4.78 is 16.6. The van der Waals surface area contributed by atoms with Crippen LogP contribution in [-0.2, 0) is 9.53 Å². The number of aromatic nitrogens is 2. The zero-order chi connectivity index (χ0) is 25.9. The first-order valence-electron chi connectivity index (χ1n) is 11.3. The molecule has 3 aromatic heterocycles. The Kier molecular flexibility index (Phi) is 6.94. The van der Waals surface area contributed by atoms with Crippen molar-refractivity contribution in [1.82, 2.24) is 9.97 Å². The Hall–Kier alpha value is -4.14. The topological polar surface area (TPSA) is 107 Å². The first-order valence-corrected chi connectivity index (χ1v) is 12.0. The molecule has 1 N–H and O–H groups in total. The second-order valence-electron chi connectivity index (χ2n) is 8.00. The summed E-state index contributed by atoms with van der Waals surface area (Å²) >= 11 is 11.9. The Morgan fingerprint density at radius 2 is 1.57 bits per heavy atom. The highest BCUT2D eigenvalue weighted by molar-refractivity contribution is 6.42. The van der Waals surface area contributed by atoms with Crippen molar-refractivity contribution < 1.29 is 23.2 Å². The molecule has 0 spiro atoms. The summed E-state index contributed by atoms with van der Waals surface area (Å²) in [7, 11) is 0. The fourth-order valence-corrected chi connectivity index (χ4v) is 3.97. The van der Waals surface area contributed by atoms with Crippen LogP contribution in [0.15, 0.2) is 82.0 Å². The minimum atomic E-state index is -1.02. The number of furan rings is 2. The maximum absolute atomic E-state index is 13.0. The fourth-order valence-electron chi connectivity index (χ4n) is 3.67. The number of fused-ring (bicyclic) bond motifs is 1. The summed E-state index contributed by atoms with van der Waals surface area (Å²) in [5.74, 6) is -0.130. The number of amides is 1. The van der Waals surface area contributed by atoms with Gasteiger partial charge in [-0.25, -0.2) is 14.8 Å². The van der Waals surface area contributed by atoms with E-state index in [1.54, 1.807) is 67.8 Å². The highest BCUT2D eigenvalue weighted by Crippen LogP contribution is 2.32. The van der Waals surface area contributed by atoms with Crippen LogP contribution in [0.3, 0.4) is 0 Å². The number of rotatable bonds is 7. The van der Waals surface area contributed by atoms with Gasteiger partial charge in [-0.1, -0.05) is 30.1 Å². The molecule has 1 unspecified atom stereocenters. The van der Waals surface area contributed by atoms with Crippen molar-refractivity contribution in [2.24, 2.45) is 0 Å². The van der Waals surface area contributed by atoms with Crippen molar-refractivity contribution >= 4 is 51.8 Å². The van der Waals surface area contributed by atoms with Gasteiger partial charge in [0, 0.05) is 5.69 Å². The van der Waals surface area contributed by atoms with Crippen LogP contribution in [0.1, 0.15) is 23.7 Å². The Balaban J connectivity index is 1.40. The van der Waals surface area contributed by atoms with Crippen LogP contribution in [0, 0.1) is 0 Å². The molecule has 1 atom stereocenters. The second kappa shape index (κ2) is 10.5. The molecule has 0 aliphatic carbocycles. The van der Waals surface area contributed by atoms with E-state index in [-0.39, 0.29) is 12.0 Å². The van der Waals surface area contributed by atoms with Gasteiger partial charge in [0.25, 0.3) is 5.91 Å². The number of nitrogens with zero attached hydrogens (tertiary/aromatic N) is 2. The van der Waals surface area contributed by atoms with Crippen LogP contribution in [0.5, 0.6) is 0 Å². The van der Waals surface area contributed by atoms with Crippen LogP contribution >= 0.6 is 23.2 Å². The standard InChI is InChI=1S/C27H19Cl2N3O5/c1-2-21(26(33)30-16-8-9-17(28)18(29)14-16)37-27(34)15-7-10-19-20(13-15)32-25(23-6-4-12-36-23)24(31-19)22-5-3-11-35-22/h3-14,21H,2H2,1H3,(H,30,33). The molecule has 0 saturated heterocycles. The predicted molar refractivity (Wildman–Crippen MR) is 140 cm³/mol. The molecule has 1 amide bonds. The summed E-state index contributed by atoms with van der Waals surface area (Å²) in [6.07, 6.45) is 2.33. The van der Waals surface area contributed by atoms with E-state index in [2.05, 4.69) is 10.3 Å². The van der Waals surface area contributed by atoms with Crippen molar-refractivity contribution in [1.29, 1.82) is 0 Å². The minimum Gasteiger partial charge on any atom is -0.463 e. The van der Waals surface area contributed by atoms with Crippen LogP contribution in [-0.4, -0.2) is 27.9 Å². The highest BCUT2D eigenvalue weighted by Gasteiger charge is 2.23. The summed E-state index contributed by atoms with van der Waals surface area (Å²) in [5.41, 5.74) is 2.62. The lowest BCUT2D eigenvalue weighted by atomic mass is 10.1. The zero-order valence-corrected chi connectivity index (χ0v) is 20.9. The van der Waals surface area contributed by atoms with Gasteiger partial charge >= 0.3 is 5.97 Å². The number of carbonyl (C=O) groups is 2. The number of halogens is 2. The number of esters is 1. The number of nitrogens with one attached hydrogen (secondary N) is 1. The smallest absolute Gasteiger partial charge is 0.338 e. The quantitative estimate of drug-likeness (QED) is 0.223. The van der Waals surface area contributed by atoms with Gasteiger partial charge in [0.1, 0.15) is 11.4 Å². The van der Waals surface area contributed by atoms with E-state index in [1.807, 2.05) is 0 Å². The molecule has 0 aliphatic heterocycles. The summed E-state index contributed by atoms with van der Waals surface area (Å²) in [6.45, 7) is 1.74. The summed E-state index contributed by atoms with van der Waals surface area (Å²) in [6, 6.07) is 16.5. The summed E-state index contributed by atoms with van der Waals surface area (Å²) in [4.78, 5) is 35.1. The van der Waals surface area contributed by atoms with Crippen LogP contribution in [0.4, 0.5) is 5.69 Å². The molecule has 3 heterocycles. The molecular weight excluding hydrogens is 517 g/mol. The van der Waals surface area contributed by atoms with Crippen molar-refractivity contribution in [2.75, 3.05) is 5.32 Å². The van der Waals surface area contributed by atoms with Gasteiger partial charge in [-0.2, -0.15) is 0 Å². The number of carbonyl (C=O) groups excluding carboxylic acids is 2. The molecule has 0 radical (unpaired) electrons. The fraction of sp³-hybridized carbons (Fsp3) is 0.111. The maximum Gasteiger partial charge on any atom is 0.338 e. The van der Waals surface area contributed by atoms with Gasteiger partial charge in [0.15, 0.2) is 17.6 Å². The third-order valence-electron chi connectivity index (χ3n) is 5.51. The Bertz CT molecular complexity index is 1580. The average Bonchev–Trinajstić information content (AvgIpc) is 3.63. The molecule has 5 aromatic rings. The van der Waals surface area contributed by atoms with E-state index < -0.39 is 18.0 Å². The summed E-state index contributed by atoms with van der Waals surface area (Å²) in [5, 5.41) is 3.35. The average molecular weight is 536 g/mol. The van der Waals surface area contributed by atoms with E-state index in [0.29, 0.717) is 49.7 Å². The molecule has 8 nitrogen and oxygen atoms in total. The van der Waals surface area contributed by atoms with Crippen molar-refractivity contribution in [2.45, 2.75) is 19.4 Å². The van der Waals surface area contributed by atoms with E-state index in [4.69, 9.17) is 41.8 Å². The third-order valence-corrected chi connectivity index (χ3v) is 6.25. The van der Waals surface area contributed by atoms with Gasteiger partial charge < -0.3 is 18.9 Å². The maximum atomic E-state index is 13.0. The lowest BCUT2D eigenvalue weighted by Crippen LogP contribution is -2.32. The van der Waals surface area contributed by atoms with Crippen LogP contribution in [0.25, 0.3) is 33.9 Å². The molecule has 5 rings (SSSR count). The SMILES string of the molecule is CCC(OC(=O)c1ccc2nc(-c3ccco3)c(-c3ccco3)nc2c1)C(=O)Nc1ccc(Cl)c(Cl)c1. The van der Waals surface area contributed by atoms with E-state index in [1.165, 1.54) is 12.3 Å². The second-order valence-corrected chi connectivity index (χ2v) is 8.81. The number of benzene rings is 2. The van der Waals surface area contributed by atoms with Crippen molar-refractivity contribution in [3.8, 4) is 22.9 Å². The monoisotopic (exact) mass is 535 g/mol. The van der Waals surface area contributed by atoms with E-state index >= 15 is 0 Å². The van der Waals surface area contributed by atoms with Crippen molar-refractivity contribution in [3.63, 3.8) is 0 Å². The number of hydrogen-bond donors (Lipinski definition) is 1. The van der Waals surface area contributed by atoms with Gasteiger partial charge in [0.2, 0.25) is 0 Å². The largest absolute Gasteiger partial charge is 0.463 e. The number of anilines is 1. The van der Waals surface area contributed by atoms with Gasteiger partial charge in [0.05, 0.1) is 39.2 Å². The van der Waals surface area contributed by atoms with Gasteiger partial charge in [-0.15, -0.1) is 0 Å².